The summed E-state index contributed by atoms with van der Waals surface area (Å²) in [4.78, 5) is 12.3. The Labute approximate surface area is 184 Å². The van der Waals surface area contributed by atoms with Crippen molar-refractivity contribution in [2.45, 2.75) is 38.0 Å². The number of carbonyl (C=O) groups is 1. The van der Waals surface area contributed by atoms with Crippen LogP contribution in [0.4, 0.5) is 13.2 Å². The van der Waals surface area contributed by atoms with Crippen LogP contribution in [-0.2, 0) is 0 Å². The third-order valence-corrected chi connectivity index (χ3v) is 5.93. The van der Waals surface area contributed by atoms with Crippen molar-refractivity contribution in [3.8, 4) is 22.6 Å². The van der Waals surface area contributed by atoms with Crippen molar-refractivity contribution in [1.29, 1.82) is 0 Å². The van der Waals surface area contributed by atoms with Crippen molar-refractivity contribution >= 4 is 5.97 Å². The fourth-order valence-electron chi connectivity index (χ4n) is 4.17. The molecular weight excluding hydrogens is 417 g/mol. The summed E-state index contributed by atoms with van der Waals surface area (Å²) in [6, 6.07) is 13.1. The number of hydrogen-bond acceptors (Lipinski definition) is 3. The lowest BCUT2D eigenvalue weighted by Gasteiger charge is -2.23. The standard InChI is InChI=1S/C26H23F3O3/c1-31-19-11-12-22(23(27)15-19)26(30)32-18-9-7-17(8-10-18)21-14-13-20(24(28)25(21)29)16-5-3-2-4-6-16/h7-16H,2-6H2,1H3. The lowest BCUT2D eigenvalue weighted by Crippen LogP contribution is -2.10. The van der Waals surface area contributed by atoms with Crippen LogP contribution in [0.1, 0.15) is 53.9 Å². The molecule has 0 bridgehead atoms. The minimum absolute atomic E-state index is 0.0624. The molecule has 0 unspecified atom stereocenters. The number of ether oxygens (including phenoxy) is 2. The molecule has 0 N–H and O–H groups in total. The van der Waals surface area contributed by atoms with Crippen LogP contribution in [0.15, 0.2) is 54.6 Å². The van der Waals surface area contributed by atoms with E-state index in [-0.39, 0.29) is 28.5 Å². The first-order valence-corrected chi connectivity index (χ1v) is 10.6. The number of carbonyl (C=O) groups excluding carboxylic acids is 1. The minimum Gasteiger partial charge on any atom is -0.497 e. The minimum atomic E-state index is -0.877. The van der Waals surface area contributed by atoms with Crippen LogP contribution < -0.4 is 9.47 Å². The van der Waals surface area contributed by atoms with Crippen LogP contribution >= 0.6 is 0 Å². The fourth-order valence-corrected chi connectivity index (χ4v) is 4.17. The zero-order valence-corrected chi connectivity index (χ0v) is 17.7. The van der Waals surface area contributed by atoms with Crippen LogP contribution in [-0.4, -0.2) is 13.1 Å². The van der Waals surface area contributed by atoms with E-state index in [2.05, 4.69) is 0 Å². The summed E-state index contributed by atoms with van der Waals surface area (Å²) in [5.74, 6) is -2.79. The monoisotopic (exact) mass is 440 g/mol. The van der Waals surface area contributed by atoms with E-state index in [9.17, 15) is 18.0 Å². The highest BCUT2D eigenvalue weighted by Crippen LogP contribution is 2.37. The van der Waals surface area contributed by atoms with E-state index in [0.29, 0.717) is 11.1 Å². The third-order valence-electron chi connectivity index (χ3n) is 5.93. The largest absolute Gasteiger partial charge is 0.497 e. The molecule has 1 aliphatic rings. The Morgan fingerprint density at radius 3 is 2.19 bits per heavy atom. The van der Waals surface area contributed by atoms with Gasteiger partial charge in [0.25, 0.3) is 0 Å². The maximum absolute atomic E-state index is 14.8. The van der Waals surface area contributed by atoms with Gasteiger partial charge in [-0.05, 0) is 54.2 Å². The van der Waals surface area contributed by atoms with Crippen LogP contribution in [0.3, 0.4) is 0 Å². The molecule has 1 fully saturated rings. The molecule has 3 nitrogen and oxygen atoms in total. The fraction of sp³-hybridized carbons (Fsp3) is 0.269. The van der Waals surface area contributed by atoms with Gasteiger partial charge in [0.15, 0.2) is 11.6 Å². The van der Waals surface area contributed by atoms with Gasteiger partial charge in [0, 0.05) is 11.6 Å². The molecule has 166 valence electrons. The number of methoxy groups -OCH3 is 1. The van der Waals surface area contributed by atoms with Crippen molar-refractivity contribution in [3.63, 3.8) is 0 Å². The summed E-state index contributed by atoms with van der Waals surface area (Å²) in [7, 11) is 1.40. The molecule has 3 aromatic carbocycles. The SMILES string of the molecule is COc1ccc(C(=O)Oc2ccc(-c3ccc(C4CCCCC4)c(F)c3F)cc2)c(F)c1. The highest BCUT2D eigenvalue weighted by Gasteiger charge is 2.23. The summed E-state index contributed by atoms with van der Waals surface area (Å²) >= 11 is 0. The summed E-state index contributed by atoms with van der Waals surface area (Å²) < 4.78 is 53.8. The first-order chi connectivity index (χ1) is 15.5. The van der Waals surface area contributed by atoms with Crippen molar-refractivity contribution in [2.24, 2.45) is 0 Å². The molecule has 0 amide bonds. The zero-order chi connectivity index (χ0) is 22.7. The summed E-state index contributed by atoms with van der Waals surface area (Å²) in [5.41, 5.74) is 0.799. The van der Waals surface area contributed by atoms with Crippen LogP contribution in [0.25, 0.3) is 11.1 Å². The number of esters is 1. The number of halogens is 3. The van der Waals surface area contributed by atoms with Gasteiger partial charge in [-0.15, -0.1) is 0 Å². The van der Waals surface area contributed by atoms with Gasteiger partial charge < -0.3 is 9.47 Å². The molecular formula is C26H23F3O3. The molecule has 0 atom stereocenters. The highest BCUT2D eigenvalue weighted by molar-refractivity contribution is 5.91. The zero-order valence-electron chi connectivity index (χ0n) is 17.7. The van der Waals surface area contributed by atoms with Crippen molar-refractivity contribution in [1.82, 2.24) is 0 Å². The van der Waals surface area contributed by atoms with Gasteiger partial charge in [0.2, 0.25) is 0 Å². The van der Waals surface area contributed by atoms with Crippen LogP contribution in [0, 0.1) is 17.5 Å². The Bertz CT molecular complexity index is 1120. The maximum Gasteiger partial charge on any atom is 0.346 e. The first kappa shape index (κ1) is 21.9. The third kappa shape index (κ3) is 4.49. The Morgan fingerprint density at radius 2 is 1.53 bits per heavy atom. The van der Waals surface area contributed by atoms with E-state index >= 15 is 0 Å². The topological polar surface area (TPSA) is 35.5 Å². The molecule has 6 heteroatoms. The number of benzene rings is 3. The van der Waals surface area contributed by atoms with E-state index in [0.717, 1.165) is 38.2 Å². The Morgan fingerprint density at radius 1 is 0.844 bits per heavy atom. The second-order valence-corrected chi connectivity index (χ2v) is 7.92. The molecule has 0 aromatic heterocycles. The lowest BCUT2D eigenvalue weighted by molar-refractivity contribution is 0.0730. The van der Waals surface area contributed by atoms with Crippen LogP contribution in [0.5, 0.6) is 11.5 Å². The van der Waals surface area contributed by atoms with E-state index in [4.69, 9.17) is 9.47 Å². The van der Waals surface area contributed by atoms with E-state index in [1.54, 1.807) is 12.1 Å². The molecule has 1 aliphatic carbocycles. The van der Waals surface area contributed by atoms with Gasteiger partial charge in [-0.25, -0.2) is 18.0 Å². The average Bonchev–Trinajstić information content (AvgIpc) is 2.82. The second-order valence-electron chi connectivity index (χ2n) is 7.92. The molecule has 1 saturated carbocycles. The molecule has 3 aromatic rings. The van der Waals surface area contributed by atoms with Gasteiger partial charge >= 0.3 is 5.97 Å². The highest BCUT2D eigenvalue weighted by atomic mass is 19.2. The molecule has 0 spiro atoms. The first-order valence-electron chi connectivity index (χ1n) is 10.6. The Hall–Kier alpha value is -3.28. The van der Waals surface area contributed by atoms with Crippen LogP contribution in [0.2, 0.25) is 0 Å². The predicted molar refractivity (Wildman–Crippen MR) is 116 cm³/mol. The quantitative estimate of drug-likeness (QED) is 0.315. The normalized spacial score (nSPS) is 14.2. The van der Waals surface area contributed by atoms with E-state index in [1.165, 1.54) is 43.5 Å². The average molecular weight is 440 g/mol. The molecule has 0 radical (unpaired) electrons. The maximum atomic E-state index is 14.8. The summed E-state index contributed by atoms with van der Waals surface area (Å²) in [5, 5.41) is 0. The van der Waals surface area contributed by atoms with Crippen molar-refractivity contribution in [2.75, 3.05) is 7.11 Å². The Balaban J connectivity index is 1.51. The van der Waals surface area contributed by atoms with Crippen molar-refractivity contribution in [3.05, 3.63) is 83.2 Å². The lowest BCUT2D eigenvalue weighted by atomic mass is 9.83. The van der Waals surface area contributed by atoms with Gasteiger partial charge in [0.05, 0.1) is 12.7 Å². The van der Waals surface area contributed by atoms with Gasteiger partial charge in [-0.3, -0.25) is 0 Å². The molecule has 32 heavy (non-hydrogen) atoms. The molecule has 4 rings (SSSR count). The molecule has 0 heterocycles. The summed E-state index contributed by atoms with van der Waals surface area (Å²) in [6.45, 7) is 0. The number of hydrogen-bond donors (Lipinski definition) is 0. The number of rotatable bonds is 5. The smallest absolute Gasteiger partial charge is 0.346 e. The molecule has 0 saturated heterocycles. The van der Waals surface area contributed by atoms with E-state index < -0.39 is 23.4 Å². The summed E-state index contributed by atoms with van der Waals surface area (Å²) in [6.07, 6.45) is 4.97. The van der Waals surface area contributed by atoms with Gasteiger partial charge in [-0.2, -0.15) is 0 Å². The second kappa shape index (κ2) is 9.47. The molecule has 0 aliphatic heterocycles. The van der Waals surface area contributed by atoms with Gasteiger partial charge in [0.1, 0.15) is 17.3 Å². The predicted octanol–water partition coefficient (Wildman–Crippen LogP) is 7.05. The van der Waals surface area contributed by atoms with Crippen molar-refractivity contribution < 1.29 is 27.4 Å². The van der Waals surface area contributed by atoms with Gasteiger partial charge in [-0.1, -0.05) is 43.5 Å². The Kier molecular flexibility index (Phi) is 6.49. The van der Waals surface area contributed by atoms with E-state index in [1.807, 2.05) is 0 Å².